The molecule has 0 saturated carbocycles. The second kappa shape index (κ2) is 13.2. The average Bonchev–Trinajstić information content (AvgIpc) is 3.72. The molecule has 1 aliphatic heterocycles. The molecule has 1 aliphatic rings. The first-order chi connectivity index (χ1) is 21.4. The summed E-state index contributed by atoms with van der Waals surface area (Å²) >= 11 is 12.9. The summed E-state index contributed by atoms with van der Waals surface area (Å²) in [5, 5.41) is 5.10. The zero-order chi connectivity index (χ0) is 30.6. The third kappa shape index (κ3) is 6.64. The van der Waals surface area contributed by atoms with E-state index in [2.05, 4.69) is 32.4 Å². The Morgan fingerprint density at radius 1 is 1.02 bits per heavy atom. The molecular formula is C33H33Cl2N7O2. The maximum atomic E-state index is 13.2. The number of likely N-dealkylation sites (tertiary alicyclic amines) is 1. The van der Waals surface area contributed by atoms with Crippen molar-refractivity contribution in [2.75, 3.05) is 32.0 Å². The van der Waals surface area contributed by atoms with E-state index < -0.39 is 6.04 Å². The highest BCUT2D eigenvalue weighted by atomic mass is 35.5. The third-order valence-corrected chi connectivity index (χ3v) is 8.65. The Kier molecular flexibility index (Phi) is 8.95. The van der Waals surface area contributed by atoms with Gasteiger partial charge in [-0.05, 0) is 61.6 Å². The molecule has 6 rings (SSSR count). The highest BCUT2D eigenvalue weighted by Gasteiger charge is 2.24. The topological polar surface area (TPSA) is 107 Å². The molecule has 1 saturated heterocycles. The summed E-state index contributed by atoms with van der Waals surface area (Å²) in [6.07, 6.45) is 4.97. The largest absolute Gasteiger partial charge is 0.359 e. The van der Waals surface area contributed by atoms with E-state index in [9.17, 15) is 9.59 Å². The van der Waals surface area contributed by atoms with Crippen LogP contribution in [0, 0.1) is 0 Å². The predicted molar refractivity (Wildman–Crippen MR) is 174 cm³/mol. The van der Waals surface area contributed by atoms with Crippen molar-refractivity contribution in [3.63, 3.8) is 0 Å². The zero-order valence-corrected chi connectivity index (χ0v) is 25.9. The Balaban J connectivity index is 1.25. The molecule has 3 aromatic carbocycles. The number of hydrogen-bond acceptors (Lipinski definition) is 6. The molecule has 11 heteroatoms. The van der Waals surface area contributed by atoms with Gasteiger partial charge < -0.3 is 20.1 Å². The van der Waals surface area contributed by atoms with Gasteiger partial charge in [-0.15, -0.1) is 0 Å². The number of likely N-dealkylation sites (N-methyl/N-ethyl adjacent to an activating group) is 1. The number of aromatic nitrogens is 4. The van der Waals surface area contributed by atoms with Gasteiger partial charge in [-0.2, -0.15) is 0 Å². The maximum Gasteiger partial charge on any atom is 0.255 e. The summed E-state index contributed by atoms with van der Waals surface area (Å²) in [5.74, 6) is 1.13. The van der Waals surface area contributed by atoms with Crippen LogP contribution in [0.25, 0.3) is 21.9 Å². The third-order valence-electron chi connectivity index (χ3n) is 8.10. The number of imidazole rings is 1. The summed E-state index contributed by atoms with van der Waals surface area (Å²) in [6, 6.07) is 18.7. The molecule has 226 valence electrons. The standard InChI is InChI=1S/C33H33Cl2N7O2/c1-41(16-13-21-7-3-2-4-8-21)30(43)12-11-27(32-38-26-10-9-22(34)17-29(26)40-32)39-31-24-18-25(35)23(19-28(24)36-20-37-31)33(44)42-14-5-6-15-42/h2-4,7-10,17-20,27H,5-6,11-16H2,1H3,(H,38,40)(H,36,37,39). The van der Waals surface area contributed by atoms with Crippen molar-refractivity contribution >= 4 is 62.8 Å². The van der Waals surface area contributed by atoms with Crippen molar-refractivity contribution < 1.29 is 9.59 Å². The first-order valence-electron chi connectivity index (χ1n) is 14.8. The lowest BCUT2D eigenvalue weighted by molar-refractivity contribution is -0.130. The van der Waals surface area contributed by atoms with Gasteiger partial charge in [0.25, 0.3) is 5.91 Å². The van der Waals surface area contributed by atoms with Gasteiger partial charge in [-0.3, -0.25) is 9.59 Å². The molecule has 2 aromatic heterocycles. The van der Waals surface area contributed by atoms with Crippen molar-refractivity contribution in [2.45, 2.75) is 38.1 Å². The molecule has 1 atom stereocenters. The molecule has 0 spiro atoms. The van der Waals surface area contributed by atoms with Crippen molar-refractivity contribution in [2.24, 2.45) is 0 Å². The maximum absolute atomic E-state index is 13.2. The summed E-state index contributed by atoms with van der Waals surface area (Å²) in [5.41, 5.74) is 3.78. The van der Waals surface area contributed by atoms with E-state index in [1.54, 1.807) is 29.2 Å². The van der Waals surface area contributed by atoms with E-state index in [0.717, 1.165) is 43.4 Å². The molecule has 0 radical (unpaired) electrons. The highest BCUT2D eigenvalue weighted by Crippen LogP contribution is 2.32. The van der Waals surface area contributed by atoms with E-state index in [1.165, 1.54) is 11.9 Å². The van der Waals surface area contributed by atoms with Crippen molar-refractivity contribution in [1.82, 2.24) is 29.7 Å². The quantitative estimate of drug-likeness (QED) is 0.178. The van der Waals surface area contributed by atoms with Crippen LogP contribution >= 0.6 is 23.2 Å². The Bertz CT molecular complexity index is 1800. The van der Waals surface area contributed by atoms with Gasteiger partial charge in [-0.1, -0.05) is 53.5 Å². The lowest BCUT2D eigenvalue weighted by Gasteiger charge is -2.21. The number of fused-ring (bicyclic) bond motifs is 2. The van der Waals surface area contributed by atoms with Crippen LogP contribution < -0.4 is 5.32 Å². The molecule has 5 aromatic rings. The number of halogens is 2. The number of amides is 2. The van der Waals surface area contributed by atoms with Crippen LogP contribution in [0.3, 0.4) is 0 Å². The molecule has 2 N–H and O–H groups in total. The van der Waals surface area contributed by atoms with Crippen molar-refractivity contribution in [1.29, 1.82) is 0 Å². The SMILES string of the molecule is CN(CCc1ccccc1)C(=O)CCC(Nc1ncnc2cc(C(=O)N3CCCC3)c(Cl)cc12)c1nc2cc(Cl)ccc2[nH]1. The normalized spacial score (nSPS) is 13.8. The fraction of sp³-hybridized carbons (Fsp3) is 0.303. The van der Waals surface area contributed by atoms with Crippen LogP contribution in [-0.2, 0) is 11.2 Å². The van der Waals surface area contributed by atoms with Gasteiger partial charge in [0.05, 0.1) is 33.2 Å². The second-order valence-electron chi connectivity index (χ2n) is 11.1. The molecule has 1 unspecified atom stereocenters. The number of benzene rings is 3. The number of H-pyrrole nitrogens is 1. The van der Waals surface area contributed by atoms with Crippen LogP contribution in [0.2, 0.25) is 10.0 Å². The van der Waals surface area contributed by atoms with Crippen molar-refractivity contribution in [3.8, 4) is 0 Å². The van der Waals surface area contributed by atoms with E-state index in [1.807, 2.05) is 36.2 Å². The van der Waals surface area contributed by atoms with Crippen LogP contribution in [0.1, 0.15) is 53.5 Å². The molecule has 2 amide bonds. The van der Waals surface area contributed by atoms with Crippen LogP contribution in [0.5, 0.6) is 0 Å². The Morgan fingerprint density at radius 3 is 2.61 bits per heavy atom. The first-order valence-corrected chi connectivity index (χ1v) is 15.5. The summed E-state index contributed by atoms with van der Waals surface area (Å²) in [4.78, 5) is 47.1. The van der Waals surface area contributed by atoms with E-state index in [4.69, 9.17) is 28.2 Å². The van der Waals surface area contributed by atoms with Gasteiger partial charge in [0.15, 0.2) is 0 Å². The minimum Gasteiger partial charge on any atom is -0.359 e. The lowest BCUT2D eigenvalue weighted by Crippen LogP contribution is -2.29. The van der Waals surface area contributed by atoms with Gasteiger partial charge in [0.1, 0.15) is 18.0 Å². The van der Waals surface area contributed by atoms with Gasteiger partial charge >= 0.3 is 0 Å². The number of anilines is 1. The van der Waals surface area contributed by atoms with E-state index in [0.29, 0.717) is 57.5 Å². The van der Waals surface area contributed by atoms with Gasteiger partial charge in [0.2, 0.25) is 5.91 Å². The summed E-state index contributed by atoms with van der Waals surface area (Å²) < 4.78 is 0. The molecule has 1 fully saturated rings. The van der Waals surface area contributed by atoms with Crippen LogP contribution in [-0.4, -0.2) is 68.2 Å². The summed E-state index contributed by atoms with van der Waals surface area (Å²) in [6.45, 7) is 2.08. The fourth-order valence-electron chi connectivity index (χ4n) is 5.58. The highest BCUT2D eigenvalue weighted by molar-refractivity contribution is 6.35. The fourth-order valence-corrected chi connectivity index (χ4v) is 5.99. The number of carbonyl (C=O) groups is 2. The minimum atomic E-state index is -0.393. The molecular weight excluding hydrogens is 597 g/mol. The minimum absolute atomic E-state index is 0.0348. The van der Waals surface area contributed by atoms with E-state index >= 15 is 0 Å². The summed E-state index contributed by atoms with van der Waals surface area (Å²) in [7, 11) is 1.83. The van der Waals surface area contributed by atoms with E-state index in [-0.39, 0.29) is 11.8 Å². The Labute approximate surface area is 265 Å². The molecule has 3 heterocycles. The molecule has 44 heavy (non-hydrogen) atoms. The number of nitrogens with zero attached hydrogens (tertiary/aromatic N) is 5. The molecule has 0 aliphatic carbocycles. The predicted octanol–water partition coefficient (Wildman–Crippen LogP) is 6.68. The smallest absolute Gasteiger partial charge is 0.255 e. The van der Waals surface area contributed by atoms with Crippen LogP contribution in [0.4, 0.5) is 5.82 Å². The average molecular weight is 631 g/mol. The van der Waals surface area contributed by atoms with Crippen LogP contribution in [0.15, 0.2) is 67.0 Å². The van der Waals surface area contributed by atoms with Gasteiger partial charge in [0, 0.05) is 43.5 Å². The second-order valence-corrected chi connectivity index (χ2v) is 12.0. The number of rotatable bonds is 10. The molecule has 0 bridgehead atoms. The first kappa shape index (κ1) is 29.8. The number of nitrogens with one attached hydrogen (secondary N) is 2. The Morgan fingerprint density at radius 2 is 1.82 bits per heavy atom. The number of aromatic amines is 1. The monoisotopic (exact) mass is 629 g/mol. The van der Waals surface area contributed by atoms with Crippen molar-refractivity contribution in [3.05, 3.63) is 94.0 Å². The molecule has 9 nitrogen and oxygen atoms in total. The Hall–Kier alpha value is -4.21. The van der Waals surface area contributed by atoms with Gasteiger partial charge in [-0.25, -0.2) is 15.0 Å². The lowest BCUT2D eigenvalue weighted by atomic mass is 10.1. The number of hydrogen-bond donors (Lipinski definition) is 2. The zero-order valence-electron chi connectivity index (χ0n) is 24.4. The number of carbonyl (C=O) groups excluding carboxylic acids is 2.